The molecule has 5 heteroatoms. The summed E-state index contributed by atoms with van der Waals surface area (Å²) in [6, 6.07) is 12.5. The molecular formula is C17H20N2O3. The lowest BCUT2D eigenvalue weighted by Gasteiger charge is -2.13. The van der Waals surface area contributed by atoms with Gasteiger partial charge >= 0.3 is 0 Å². The average Bonchev–Trinajstić information content (AvgIpc) is 2.52. The van der Waals surface area contributed by atoms with Crippen LogP contribution in [0.1, 0.15) is 15.9 Å². The monoisotopic (exact) mass is 300 g/mol. The van der Waals surface area contributed by atoms with Crippen LogP contribution >= 0.6 is 0 Å². The minimum absolute atomic E-state index is 0.235. The number of ether oxygens (including phenoxy) is 2. The quantitative estimate of drug-likeness (QED) is 0.635. The number of benzene rings is 2. The molecule has 1 amide bonds. The number of anilines is 2. The molecule has 0 radical (unpaired) electrons. The van der Waals surface area contributed by atoms with Crippen LogP contribution in [0.25, 0.3) is 0 Å². The van der Waals surface area contributed by atoms with Crippen LogP contribution in [0.15, 0.2) is 42.5 Å². The van der Waals surface area contributed by atoms with Gasteiger partial charge in [-0.25, -0.2) is 0 Å². The summed E-state index contributed by atoms with van der Waals surface area (Å²) < 4.78 is 10.5. The molecule has 0 unspecified atom stereocenters. The van der Waals surface area contributed by atoms with Crippen LogP contribution < -0.4 is 15.8 Å². The summed E-state index contributed by atoms with van der Waals surface area (Å²) in [6.45, 7) is 2.72. The second-order valence-corrected chi connectivity index (χ2v) is 4.81. The molecule has 2 rings (SSSR count). The van der Waals surface area contributed by atoms with Gasteiger partial charge in [-0.15, -0.1) is 0 Å². The van der Waals surface area contributed by atoms with Gasteiger partial charge in [-0.1, -0.05) is 18.2 Å². The maximum absolute atomic E-state index is 12.5. The molecule has 0 aliphatic carbocycles. The van der Waals surface area contributed by atoms with Gasteiger partial charge < -0.3 is 20.5 Å². The Kier molecular flexibility index (Phi) is 5.38. The van der Waals surface area contributed by atoms with Crippen molar-refractivity contribution in [2.45, 2.75) is 6.92 Å². The maximum atomic E-state index is 12.5. The van der Waals surface area contributed by atoms with Crippen molar-refractivity contribution in [1.29, 1.82) is 0 Å². The first-order valence-electron chi connectivity index (χ1n) is 7.00. The fourth-order valence-electron chi connectivity index (χ4n) is 1.99. The van der Waals surface area contributed by atoms with Gasteiger partial charge in [0.05, 0.1) is 12.2 Å². The fraction of sp³-hybridized carbons (Fsp3) is 0.235. The number of para-hydroxylation sites is 1. The first-order valence-corrected chi connectivity index (χ1v) is 7.00. The number of carbonyl (C=O) groups is 1. The Hall–Kier alpha value is -2.53. The van der Waals surface area contributed by atoms with Crippen molar-refractivity contribution in [2.75, 3.05) is 31.4 Å². The van der Waals surface area contributed by atoms with Crippen LogP contribution in [0, 0.1) is 6.92 Å². The molecule has 2 aromatic carbocycles. The molecule has 0 fully saturated rings. The highest BCUT2D eigenvalue weighted by molar-refractivity contribution is 6.06. The van der Waals surface area contributed by atoms with Gasteiger partial charge in [0, 0.05) is 18.5 Å². The van der Waals surface area contributed by atoms with Crippen molar-refractivity contribution in [3.8, 4) is 5.75 Å². The smallest absolute Gasteiger partial charge is 0.259 e. The predicted molar refractivity (Wildman–Crippen MR) is 87.4 cm³/mol. The van der Waals surface area contributed by atoms with E-state index in [1.54, 1.807) is 37.4 Å². The van der Waals surface area contributed by atoms with Gasteiger partial charge in [0.15, 0.2) is 0 Å². The Morgan fingerprint density at radius 1 is 1.14 bits per heavy atom. The SMILES string of the molecule is COCCOc1ccccc1C(=O)Nc1cccc(N)c1C. The minimum Gasteiger partial charge on any atom is -0.490 e. The van der Waals surface area contributed by atoms with Crippen molar-refractivity contribution >= 4 is 17.3 Å². The van der Waals surface area contributed by atoms with E-state index in [-0.39, 0.29) is 5.91 Å². The fourth-order valence-corrected chi connectivity index (χ4v) is 1.99. The van der Waals surface area contributed by atoms with Gasteiger partial charge in [0.2, 0.25) is 0 Å². The lowest BCUT2D eigenvalue weighted by molar-refractivity contribution is 0.101. The largest absolute Gasteiger partial charge is 0.490 e. The lowest BCUT2D eigenvalue weighted by atomic mass is 10.1. The van der Waals surface area contributed by atoms with E-state index in [0.717, 1.165) is 5.56 Å². The topological polar surface area (TPSA) is 73.6 Å². The molecular weight excluding hydrogens is 280 g/mol. The van der Waals surface area contributed by atoms with Gasteiger partial charge in [-0.05, 0) is 36.8 Å². The second kappa shape index (κ2) is 7.47. The average molecular weight is 300 g/mol. The van der Waals surface area contributed by atoms with Gasteiger partial charge in [-0.3, -0.25) is 4.79 Å². The predicted octanol–water partition coefficient (Wildman–Crippen LogP) is 2.85. The van der Waals surface area contributed by atoms with Crippen molar-refractivity contribution in [3.05, 3.63) is 53.6 Å². The number of rotatable bonds is 6. The minimum atomic E-state index is -0.235. The summed E-state index contributed by atoms with van der Waals surface area (Å²) in [7, 11) is 1.60. The number of hydrogen-bond donors (Lipinski definition) is 2. The third-order valence-electron chi connectivity index (χ3n) is 3.30. The summed E-state index contributed by atoms with van der Waals surface area (Å²) in [4.78, 5) is 12.5. The number of methoxy groups -OCH3 is 1. The van der Waals surface area contributed by atoms with Crippen molar-refractivity contribution in [2.24, 2.45) is 0 Å². The zero-order valence-corrected chi connectivity index (χ0v) is 12.8. The molecule has 5 nitrogen and oxygen atoms in total. The first kappa shape index (κ1) is 15.9. The number of nitrogen functional groups attached to an aromatic ring is 1. The first-order chi connectivity index (χ1) is 10.6. The molecule has 0 saturated heterocycles. The number of nitrogens with two attached hydrogens (primary N) is 1. The Balaban J connectivity index is 2.17. The van der Waals surface area contributed by atoms with Gasteiger partial charge in [0.25, 0.3) is 5.91 Å². The molecule has 0 atom stereocenters. The van der Waals surface area contributed by atoms with E-state index in [1.165, 1.54) is 0 Å². The zero-order chi connectivity index (χ0) is 15.9. The molecule has 0 spiro atoms. The Bertz CT molecular complexity index is 656. The molecule has 0 bridgehead atoms. The number of amides is 1. The third-order valence-corrected chi connectivity index (χ3v) is 3.30. The van der Waals surface area contributed by atoms with Crippen LogP contribution in [0.2, 0.25) is 0 Å². The van der Waals surface area contributed by atoms with E-state index >= 15 is 0 Å². The summed E-state index contributed by atoms with van der Waals surface area (Å²) >= 11 is 0. The molecule has 0 heterocycles. The lowest BCUT2D eigenvalue weighted by Crippen LogP contribution is -2.15. The van der Waals surface area contributed by atoms with Gasteiger partial charge in [0.1, 0.15) is 12.4 Å². The Morgan fingerprint density at radius 3 is 2.68 bits per heavy atom. The number of carbonyl (C=O) groups excluding carboxylic acids is 1. The normalized spacial score (nSPS) is 10.3. The van der Waals surface area contributed by atoms with Crippen LogP contribution in [0.5, 0.6) is 5.75 Å². The highest BCUT2D eigenvalue weighted by Gasteiger charge is 2.13. The molecule has 0 aromatic heterocycles. The van der Waals surface area contributed by atoms with Crippen molar-refractivity contribution < 1.29 is 14.3 Å². The summed E-state index contributed by atoms with van der Waals surface area (Å²) in [5, 5.41) is 2.87. The van der Waals surface area contributed by atoms with Crippen LogP contribution in [0.3, 0.4) is 0 Å². The van der Waals surface area contributed by atoms with Crippen molar-refractivity contribution in [1.82, 2.24) is 0 Å². The molecule has 0 saturated carbocycles. The number of hydrogen-bond acceptors (Lipinski definition) is 4. The summed E-state index contributed by atoms with van der Waals surface area (Å²) in [5.74, 6) is 0.292. The van der Waals surface area contributed by atoms with Crippen molar-refractivity contribution in [3.63, 3.8) is 0 Å². The highest BCUT2D eigenvalue weighted by atomic mass is 16.5. The highest BCUT2D eigenvalue weighted by Crippen LogP contribution is 2.23. The van der Waals surface area contributed by atoms with Crippen LogP contribution in [0.4, 0.5) is 11.4 Å². The van der Waals surface area contributed by atoms with E-state index in [9.17, 15) is 4.79 Å². The van der Waals surface area contributed by atoms with Crippen LogP contribution in [-0.4, -0.2) is 26.2 Å². The van der Waals surface area contributed by atoms with E-state index in [2.05, 4.69) is 5.32 Å². The van der Waals surface area contributed by atoms with E-state index < -0.39 is 0 Å². The van der Waals surface area contributed by atoms with Crippen LogP contribution in [-0.2, 0) is 4.74 Å². The Labute approximate surface area is 130 Å². The Morgan fingerprint density at radius 2 is 1.91 bits per heavy atom. The van der Waals surface area contributed by atoms with Gasteiger partial charge in [-0.2, -0.15) is 0 Å². The summed E-state index contributed by atoms with van der Waals surface area (Å²) in [6.07, 6.45) is 0. The molecule has 22 heavy (non-hydrogen) atoms. The molecule has 2 aromatic rings. The number of nitrogens with one attached hydrogen (secondary N) is 1. The molecule has 3 N–H and O–H groups in total. The van der Waals surface area contributed by atoms with E-state index in [0.29, 0.717) is 35.9 Å². The van der Waals surface area contributed by atoms with E-state index in [4.69, 9.17) is 15.2 Å². The third kappa shape index (κ3) is 3.77. The molecule has 0 aliphatic heterocycles. The maximum Gasteiger partial charge on any atom is 0.259 e. The zero-order valence-electron chi connectivity index (χ0n) is 12.8. The molecule has 0 aliphatic rings. The summed E-state index contributed by atoms with van der Waals surface area (Å²) in [5.41, 5.74) is 8.50. The molecule has 116 valence electrons. The standard InChI is InChI=1S/C17H20N2O3/c1-12-14(18)7-5-8-15(12)19-17(20)13-6-3-4-9-16(13)22-11-10-21-2/h3-9H,10-11,18H2,1-2H3,(H,19,20). The van der Waals surface area contributed by atoms with E-state index in [1.807, 2.05) is 19.1 Å². The second-order valence-electron chi connectivity index (χ2n) is 4.81.